The van der Waals surface area contributed by atoms with Crippen molar-refractivity contribution in [3.8, 4) is 0 Å². The molecule has 1 heterocycles. The Morgan fingerprint density at radius 3 is 2.44 bits per heavy atom. The van der Waals surface area contributed by atoms with Crippen LogP contribution >= 0.6 is 0 Å². The molecule has 144 valence electrons. The van der Waals surface area contributed by atoms with Crippen LogP contribution in [0.15, 0.2) is 0 Å². The highest BCUT2D eigenvalue weighted by atomic mass is 32.2. The topological polar surface area (TPSA) is 113 Å². The second-order valence-electron chi connectivity index (χ2n) is 6.73. The Balaban J connectivity index is 1.92. The van der Waals surface area contributed by atoms with Gasteiger partial charge in [0.25, 0.3) is 0 Å². The lowest BCUT2D eigenvalue weighted by atomic mass is 9.89. The molecule has 0 bridgehead atoms. The Bertz CT molecular complexity index is 573. The van der Waals surface area contributed by atoms with E-state index >= 15 is 0 Å². The highest BCUT2D eigenvalue weighted by Gasteiger charge is 2.42. The summed E-state index contributed by atoms with van der Waals surface area (Å²) >= 11 is 0. The number of aliphatic hydroxyl groups excluding tert-OH is 1. The first-order valence-corrected chi connectivity index (χ1v) is 10.8. The molecule has 0 aromatic heterocycles. The number of rotatable bonds is 6. The van der Waals surface area contributed by atoms with Crippen molar-refractivity contribution in [1.29, 1.82) is 0 Å². The smallest absolute Gasteiger partial charge is 0.410 e. The summed E-state index contributed by atoms with van der Waals surface area (Å²) in [5.74, 6) is -0.656. The average Bonchev–Trinajstić information content (AvgIpc) is 2.84. The fourth-order valence-electron chi connectivity index (χ4n) is 3.52. The number of sulfone groups is 1. The lowest BCUT2D eigenvalue weighted by molar-refractivity contribution is -0.126. The summed E-state index contributed by atoms with van der Waals surface area (Å²) in [7, 11) is -3.38. The maximum absolute atomic E-state index is 12.2. The molecule has 1 saturated heterocycles. The minimum Gasteiger partial charge on any atom is -0.450 e. The van der Waals surface area contributed by atoms with Gasteiger partial charge in [0, 0.05) is 19.0 Å². The van der Waals surface area contributed by atoms with Gasteiger partial charge in [0.2, 0.25) is 5.91 Å². The van der Waals surface area contributed by atoms with Gasteiger partial charge in [0.05, 0.1) is 30.3 Å². The Morgan fingerprint density at radius 1 is 1.20 bits per heavy atom. The van der Waals surface area contributed by atoms with Crippen molar-refractivity contribution < 1.29 is 27.9 Å². The van der Waals surface area contributed by atoms with Crippen molar-refractivity contribution in [2.45, 2.75) is 51.2 Å². The predicted molar refractivity (Wildman–Crippen MR) is 91.8 cm³/mol. The first-order valence-electron chi connectivity index (χ1n) is 8.93. The minimum absolute atomic E-state index is 0.0160. The molecule has 0 radical (unpaired) electrons. The molecule has 0 spiro atoms. The predicted octanol–water partition coefficient (Wildman–Crippen LogP) is 0.299. The van der Waals surface area contributed by atoms with Gasteiger partial charge in [-0.3, -0.25) is 9.69 Å². The molecule has 2 amide bonds. The molecule has 2 rings (SSSR count). The van der Waals surface area contributed by atoms with E-state index in [0.717, 1.165) is 32.1 Å². The molecule has 0 aromatic rings. The summed E-state index contributed by atoms with van der Waals surface area (Å²) in [5.41, 5.74) is 0. The van der Waals surface area contributed by atoms with E-state index in [1.807, 2.05) is 0 Å². The third kappa shape index (κ3) is 5.57. The van der Waals surface area contributed by atoms with Crippen LogP contribution in [-0.2, 0) is 19.4 Å². The minimum atomic E-state index is -3.38. The van der Waals surface area contributed by atoms with Crippen LogP contribution in [0.25, 0.3) is 0 Å². The highest BCUT2D eigenvalue weighted by Crippen LogP contribution is 2.23. The molecule has 1 aliphatic carbocycles. The van der Waals surface area contributed by atoms with Crippen LogP contribution in [-0.4, -0.2) is 73.8 Å². The van der Waals surface area contributed by atoms with Crippen molar-refractivity contribution in [3.05, 3.63) is 0 Å². The molecule has 8 nitrogen and oxygen atoms in total. The van der Waals surface area contributed by atoms with Gasteiger partial charge >= 0.3 is 6.09 Å². The van der Waals surface area contributed by atoms with Crippen LogP contribution in [0, 0.1) is 5.92 Å². The number of hydrogen-bond donors (Lipinski definition) is 2. The van der Waals surface area contributed by atoms with Crippen LogP contribution < -0.4 is 5.32 Å². The molecule has 2 N–H and O–H groups in total. The van der Waals surface area contributed by atoms with Crippen LogP contribution in [0.2, 0.25) is 0 Å². The third-order valence-corrected chi connectivity index (χ3v) is 6.52. The summed E-state index contributed by atoms with van der Waals surface area (Å²) in [6.45, 7) is 2.12. The monoisotopic (exact) mass is 376 g/mol. The lowest BCUT2D eigenvalue weighted by Gasteiger charge is -2.29. The number of carbonyl (C=O) groups is 2. The van der Waals surface area contributed by atoms with E-state index in [4.69, 9.17) is 4.74 Å². The maximum atomic E-state index is 12.2. The maximum Gasteiger partial charge on any atom is 0.410 e. The van der Waals surface area contributed by atoms with E-state index in [0.29, 0.717) is 0 Å². The average molecular weight is 376 g/mol. The van der Waals surface area contributed by atoms with Gasteiger partial charge in [-0.15, -0.1) is 0 Å². The van der Waals surface area contributed by atoms with Gasteiger partial charge in [-0.05, 0) is 19.8 Å². The first-order chi connectivity index (χ1) is 11.8. The van der Waals surface area contributed by atoms with Crippen LogP contribution in [0.1, 0.15) is 39.0 Å². The highest BCUT2D eigenvalue weighted by molar-refractivity contribution is 7.91. The Kier molecular flexibility index (Phi) is 7.06. The summed E-state index contributed by atoms with van der Waals surface area (Å²) < 4.78 is 28.4. The first kappa shape index (κ1) is 20.0. The zero-order valence-electron chi connectivity index (χ0n) is 14.6. The van der Waals surface area contributed by atoms with Crippen molar-refractivity contribution in [1.82, 2.24) is 10.2 Å². The number of nitrogens with one attached hydrogen (secondary N) is 1. The molecule has 25 heavy (non-hydrogen) atoms. The van der Waals surface area contributed by atoms with Gasteiger partial charge in [-0.2, -0.15) is 0 Å². The fraction of sp³-hybridized carbons (Fsp3) is 0.875. The van der Waals surface area contributed by atoms with Crippen LogP contribution in [0.5, 0.6) is 0 Å². The summed E-state index contributed by atoms with van der Waals surface area (Å²) in [6, 6.07) is -0.837. The molecule has 2 fully saturated rings. The standard InChI is InChI=1S/C16H28N2O6S/c1-2-24-16(21)18(13-10-25(22,23)11-14(13)19)9-8-17-15(20)12-6-4-3-5-7-12/h12-14,19H,2-11H2,1H3,(H,17,20)/t13-,14+/m0/s1. The summed E-state index contributed by atoms with van der Waals surface area (Å²) in [5, 5.41) is 12.8. The fourth-order valence-corrected chi connectivity index (χ4v) is 5.32. The van der Waals surface area contributed by atoms with E-state index in [-0.39, 0.29) is 43.0 Å². The van der Waals surface area contributed by atoms with Crippen molar-refractivity contribution in [3.63, 3.8) is 0 Å². The normalized spacial score (nSPS) is 26.2. The van der Waals surface area contributed by atoms with Gasteiger partial charge in [0.1, 0.15) is 0 Å². The number of ether oxygens (including phenoxy) is 1. The molecular weight excluding hydrogens is 348 g/mol. The summed E-state index contributed by atoms with van der Waals surface area (Å²) in [4.78, 5) is 25.5. The molecule has 1 aliphatic heterocycles. The zero-order valence-corrected chi connectivity index (χ0v) is 15.5. The number of aliphatic hydroxyl groups is 1. The molecule has 1 saturated carbocycles. The Labute approximate surface area is 148 Å². The third-order valence-electron chi connectivity index (χ3n) is 4.82. The Hall–Kier alpha value is -1.35. The van der Waals surface area contributed by atoms with Crippen molar-refractivity contribution >= 4 is 21.8 Å². The van der Waals surface area contributed by atoms with E-state index < -0.39 is 28.1 Å². The molecular formula is C16H28N2O6S. The van der Waals surface area contributed by atoms with Gasteiger partial charge in [0.15, 0.2) is 9.84 Å². The molecule has 2 atom stereocenters. The molecule has 2 aliphatic rings. The SMILES string of the molecule is CCOC(=O)N(CCNC(=O)C1CCCCC1)[C@H]1CS(=O)(=O)C[C@H]1O. The van der Waals surface area contributed by atoms with E-state index in [1.165, 1.54) is 4.90 Å². The quantitative estimate of drug-likeness (QED) is 0.689. The van der Waals surface area contributed by atoms with Crippen molar-refractivity contribution in [2.75, 3.05) is 31.2 Å². The molecule has 0 unspecified atom stereocenters. The number of carbonyl (C=O) groups excluding carboxylic acids is 2. The van der Waals surface area contributed by atoms with E-state index in [9.17, 15) is 23.1 Å². The second kappa shape index (κ2) is 8.84. The molecule has 9 heteroatoms. The van der Waals surface area contributed by atoms with Gasteiger partial charge in [-0.25, -0.2) is 13.2 Å². The lowest BCUT2D eigenvalue weighted by Crippen LogP contribution is -2.50. The van der Waals surface area contributed by atoms with Crippen LogP contribution in [0.4, 0.5) is 4.79 Å². The summed E-state index contributed by atoms with van der Waals surface area (Å²) in [6.07, 6.45) is 3.23. The number of nitrogens with zero attached hydrogens (tertiary/aromatic N) is 1. The van der Waals surface area contributed by atoms with Gasteiger partial charge < -0.3 is 15.2 Å². The van der Waals surface area contributed by atoms with Crippen LogP contribution in [0.3, 0.4) is 0 Å². The Morgan fingerprint density at radius 2 is 1.88 bits per heavy atom. The molecule has 0 aromatic carbocycles. The van der Waals surface area contributed by atoms with E-state index in [1.54, 1.807) is 6.92 Å². The number of amides is 2. The van der Waals surface area contributed by atoms with Crippen molar-refractivity contribution in [2.24, 2.45) is 5.92 Å². The van der Waals surface area contributed by atoms with E-state index in [2.05, 4.69) is 5.32 Å². The number of hydrogen-bond acceptors (Lipinski definition) is 6. The zero-order chi connectivity index (χ0) is 18.4. The second-order valence-corrected chi connectivity index (χ2v) is 8.88. The largest absolute Gasteiger partial charge is 0.450 e. The van der Waals surface area contributed by atoms with Gasteiger partial charge in [-0.1, -0.05) is 19.3 Å².